The summed E-state index contributed by atoms with van der Waals surface area (Å²) in [4.78, 5) is 37.1. The minimum Gasteiger partial charge on any atom is -0.459 e. The van der Waals surface area contributed by atoms with Gasteiger partial charge < -0.3 is 19.3 Å². The van der Waals surface area contributed by atoms with Crippen LogP contribution >= 0.6 is 0 Å². The molecular weight excluding hydrogens is 701 g/mol. The number of carbonyl (C=O) groups excluding carboxylic acids is 3. The molecule has 0 saturated heterocycles. The second-order valence-corrected chi connectivity index (χ2v) is 22.7. The number of ether oxygens (including phenoxy) is 3. The van der Waals surface area contributed by atoms with Crippen LogP contribution in [0.1, 0.15) is 205 Å². The summed E-state index contributed by atoms with van der Waals surface area (Å²) in [5, 5.41) is 10.6. The number of esters is 3. The van der Waals surface area contributed by atoms with Crippen molar-refractivity contribution in [1.82, 2.24) is 0 Å². The van der Waals surface area contributed by atoms with E-state index in [4.69, 9.17) is 14.2 Å². The fourth-order valence-corrected chi connectivity index (χ4v) is 13.5. The first-order valence-corrected chi connectivity index (χ1v) is 23.6. The van der Waals surface area contributed by atoms with Gasteiger partial charge in [0.05, 0.1) is 21.8 Å². The highest BCUT2D eigenvalue weighted by molar-refractivity contribution is 5.77. The van der Waals surface area contributed by atoms with E-state index in [0.29, 0.717) is 24.2 Å². The minimum absolute atomic E-state index is 0.0197. The third-order valence-corrected chi connectivity index (χ3v) is 17.9. The summed E-state index contributed by atoms with van der Waals surface area (Å²) in [6.07, 6.45) is 21.5. The Balaban J connectivity index is 0.000000145. The minimum atomic E-state index is -0.555. The van der Waals surface area contributed by atoms with E-state index in [0.717, 1.165) is 107 Å². The smallest absolute Gasteiger partial charge is 0.312 e. The zero-order valence-corrected chi connectivity index (χ0v) is 37.7. The topological polar surface area (TPSA) is 99.1 Å². The molecule has 1 N–H and O–H groups in total. The highest BCUT2D eigenvalue weighted by atomic mass is 16.6. The average molecular weight is 783 g/mol. The summed E-state index contributed by atoms with van der Waals surface area (Å²) in [6.45, 7) is 22.4. The third-order valence-electron chi connectivity index (χ3n) is 17.9. The number of carbonyl (C=O) groups is 3. The molecule has 0 amide bonds. The molecule has 9 unspecified atom stereocenters. The van der Waals surface area contributed by atoms with Crippen LogP contribution in [0.4, 0.5) is 0 Å². The molecule has 9 atom stereocenters. The number of hydrogen-bond donors (Lipinski definition) is 1. The predicted molar refractivity (Wildman–Crippen MR) is 221 cm³/mol. The van der Waals surface area contributed by atoms with Gasteiger partial charge in [-0.05, 0) is 205 Å². The van der Waals surface area contributed by atoms with Crippen molar-refractivity contribution in [2.45, 2.75) is 227 Å². The highest BCUT2D eigenvalue weighted by Crippen LogP contribution is 2.71. The Kier molecular flexibility index (Phi) is 12.4. The van der Waals surface area contributed by atoms with Gasteiger partial charge in [-0.2, -0.15) is 0 Å². The summed E-state index contributed by atoms with van der Waals surface area (Å²) in [6, 6.07) is 0. The quantitative estimate of drug-likeness (QED) is 0.127. The number of aliphatic hydroxyl groups is 1. The van der Waals surface area contributed by atoms with Gasteiger partial charge in [-0.1, -0.05) is 34.6 Å². The summed E-state index contributed by atoms with van der Waals surface area (Å²) >= 11 is 0. The molecule has 9 aliphatic carbocycles. The van der Waals surface area contributed by atoms with Crippen molar-refractivity contribution in [2.24, 2.45) is 63.6 Å². The first-order chi connectivity index (χ1) is 26.1. The first-order valence-electron chi connectivity index (χ1n) is 23.6. The van der Waals surface area contributed by atoms with Crippen LogP contribution in [-0.2, 0) is 28.6 Å². The lowest BCUT2D eigenvalue weighted by Gasteiger charge is -2.59. The van der Waals surface area contributed by atoms with E-state index in [2.05, 4.69) is 20.8 Å². The predicted octanol–water partition coefficient (Wildman–Crippen LogP) is 11.6. The van der Waals surface area contributed by atoms with Gasteiger partial charge >= 0.3 is 17.9 Å². The van der Waals surface area contributed by atoms with Crippen molar-refractivity contribution in [3.05, 3.63) is 0 Å². The number of rotatable bonds is 11. The SMILES string of the molecule is CCC(C)(C)C(=O)OC1(CC)CC2CC1C1C3CCC(C3)C21.CCC(C)(C)C(=O)OC12CC3CC(CC(O)(C3)C1)C2.CCC1(OC(=O)C(C)(C)CC)CCCC1. The third kappa shape index (κ3) is 8.26. The fraction of sp³-hybridized carbons (Fsp3) is 0.939. The molecule has 320 valence electrons. The van der Waals surface area contributed by atoms with Crippen LogP contribution < -0.4 is 0 Å². The molecular formula is C49H82O7. The van der Waals surface area contributed by atoms with Crippen LogP contribution in [0.3, 0.4) is 0 Å². The molecule has 9 aliphatic rings. The maximum absolute atomic E-state index is 12.7. The van der Waals surface area contributed by atoms with Crippen LogP contribution in [0.25, 0.3) is 0 Å². The van der Waals surface area contributed by atoms with Crippen molar-refractivity contribution < 1.29 is 33.7 Å². The summed E-state index contributed by atoms with van der Waals surface area (Å²) < 4.78 is 18.1. The largest absolute Gasteiger partial charge is 0.459 e. The lowest BCUT2D eigenvalue weighted by atomic mass is 9.52. The van der Waals surface area contributed by atoms with Crippen LogP contribution in [0.15, 0.2) is 0 Å². The van der Waals surface area contributed by atoms with Crippen LogP contribution in [-0.4, -0.2) is 45.4 Å². The summed E-state index contributed by atoms with van der Waals surface area (Å²) in [7, 11) is 0. The van der Waals surface area contributed by atoms with Gasteiger partial charge in [0.25, 0.3) is 0 Å². The Morgan fingerprint density at radius 1 is 0.589 bits per heavy atom. The maximum atomic E-state index is 12.7. The van der Waals surface area contributed by atoms with E-state index in [1.165, 1.54) is 44.9 Å². The number of fused-ring (bicyclic) bond motifs is 9. The molecule has 0 radical (unpaired) electrons. The molecule has 0 heterocycles. The van der Waals surface area contributed by atoms with Gasteiger partial charge in [0.2, 0.25) is 0 Å². The van der Waals surface area contributed by atoms with Crippen molar-refractivity contribution in [2.75, 3.05) is 0 Å². The van der Waals surface area contributed by atoms with Crippen molar-refractivity contribution >= 4 is 17.9 Å². The van der Waals surface area contributed by atoms with E-state index in [1.54, 1.807) is 0 Å². The molecule has 0 aliphatic heterocycles. The highest BCUT2D eigenvalue weighted by Gasteiger charge is 2.68. The standard InChI is InChI=1S/C20H32O2.C16H26O3.C13H24O2/c1-5-19(3,4)18(21)22-20(6-2)11-14-10-15(20)17-13-8-7-12(9-13)16(14)17;1-4-14(2,3)13(17)19-16-8-11-5-12(9-16)7-15(18,6-11)10-16;1-5-12(3,4)11(14)15-13(6-2)9-7-8-10-13/h12-17H,5-11H2,1-4H3;11-12,18H,4-10H2,1-3H3;5-10H2,1-4H3. The molecule has 9 saturated carbocycles. The van der Waals surface area contributed by atoms with Crippen LogP contribution in [0, 0.1) is 63.6 Å². The zero-order valence-electron chi connectivity index (χ0n) is 37.7. The normalized spacial score (nSPS) is 39.6. The van der Waals surface area contributed by atoms with Crippen molar-refractivity contribution in [3.63, 3.8) is 0 Å². The lowest BCUT2D eigenvalue weighted by molar-refractivity contribution is -0.225. The van der Waals surface area contributed by atoms with Gasteiger partial charge in [-0.3, -0.25) is 14.4 Å². The Morgan fingerprint density at radius 3 is 1.57 bits per heavy atom. The molecule has 0 aromatic carbocycles. The summed E-state index contributed by atoms with van der Waals surface area (Å²) in [5.74, 6) is 6.42. The number of hydrogen-bond acceptors (Lipinski definition) is 7. The zero-order chi connectivity index (χ0) is 41.1. The molecule has 56 heavy (non-hydrogen) atoms. The molecule has 9 rings (SSSR count). The lowest BCUT2D eigenvalue weighted by Crippen LogP contribution is -2.61. The van der Waals surface area contributed by atoms with E-state index >= 15 is 0 Å². The van der Waals surface area contributed by atoms with Crippen LogP contribution in [0.5, 0.6) is 0 Å². The Bertz CT molecular complexity index is 1420. The molecule has 0 spiro atoms. The molecule has 8 bridgehead atoms. The van der Waals surface area contributed by atoms with Gasteiger partial charge in [-0.15, -0.1) is 0 Å². The Hall–Kier alpha value is -1.63. The average Bonchev–Trinajstić information content (AvgIpc) is 3.98. The fourth-order valence-electron chi connectivity index (χ4n) is 13.5. The molecule has 9 fully saturated rings. The second kappa shape index (κ2) is 15.8. The van der Waals surface area contributed by atoms with E-state index in [1.807, 2.05) is 55.4 Å². The second-order valence-electron chi connectivity index (χ2n) is 22.7. The van der Waals surface area contributed by atoms with Crippen molar-refractivity contribution in [3.8, 4) is 0 Å². The van der Waals surface area contributed by atoms with E-state index in [9.17, 15) is 19.5 Å². The van der Waals surface area contributed by atoms with Gasteiger partial charge in [-0.25, -0.2) is 0 Å². The van der Waals surface area contributed by atoms with Gasteiger partial charge in [0.1, 0.15) is 16.8 Å². The monoisotopic (exact) mass is 783 g/mol. The van der Waals surface area contributed by atoms with E-state index < -0.39 is 11.0 Å². The Morgan fingerprint density at radius 2 is 1.09 bits per heavy atom. The molecule has 0 aromatic rings. The van der Waals surface area contributed by atoms with E-state index in [-0.39, 0.29) is 45.5 Å². The van der Waals surface area contributed by atoms with Crippen molar-refractivity contribution in [1.29, 1.82) is 0 Å². The maximum Gasteiger partial charge on any atom is 0.312 e. The molecule has 7 heteroatoms. The van der Waals surface area contributed by atoms with Gasteiger partial charge in [0.15, 0.2) is 0 Å². The first kappa shape index (κ1) is 43.9. The van der Waals surface area contributed by atoms with Crippen LogP contribution in [0.2, 0.25) is 0 Å². The molecule has 0 aromatic heterocycles. The molecule has 7 nitrogen and oxygen atoms in total. The van der Waals surface area contributed by atoms with Gasteiger partial charge in [0, 0.05) is 12.3 Å². The summed E-state index contributed by atoms with van der Waals surface area (Å²) in [5.41, 5.74) is -2.25. The Labute approximate surface area is 341 Å².